The third-order valence-electron chi connectivity index (χ3n) is 4.57. The van der Waals surface area contributed by atoms with E-state index in [0.29, 0.717) is 5.92 Å². The van der Waals surface area contributed by atoms with E-state index in [1.54, 1.807) is 0 Å². The summed E-state index contributed by atoms with van der Waals surface area (Å²) in [6.45, 7) is 6.43. The van der Waals surface area contributed by atoms with E-state index in [-0.39, 0.29) is 11.7 Å². The van der Waals surface area contributed by atoms with Crippen molar-refractivity contribution in [3.8, 4) is 11.3 Å². The monoisotopic (exact) mass is 296 g/mol. The van der Waals surface area contributed by atoms with Crippen molar-refractivity contribution in [2.24, 2.45) is 5.92 Å². The van der Waals surface area contributed by atoms with Crippen molar-refractivity contribution in [3.05, 3.63) is 52.1 Å². The summed E-state index contributed by atoms with van der Waals surface area (Å²) >= 11 is 0. The minimum atomic E-state index is -0.110. The fourth-order valence-electron chi connectivity index (χ4n) is 3.53. The molecule has 1 aromatic heterocycles. The Hall–Kier alpha value is -1.90. The minimum absolute atomic E-state index is 0.110. The number of fused-ring (bicyclic) bond motifs is 1. The molecule has 3 rings (SSSR count). The van der Waals surface area contributed by atoms with Crippen LogP contribution in [0, 0.1) is 5.92 Å². The Morgan fingerprint density at radius 1 is 1.23 bits per heavy atom. The second kappa shape index (κ2) is 6.07. The second-order valence-corrected chi connectivity index (χ2v) is 6.70. The molecule has 1 heterocycles. The summed E-state index contributed by atoms with van der Waals surface area (Å²) in [6.07, 6.45) is 4.39. The molecule has 22 heavy (non-hydrogen) atoms. The third kappa shape index (κ3) is 2.72. The van der Waals surface area contributed by atoms with Gasteiger partial charge in [-0.1, -0.05) is 43.7 Å². The molecule has 0 saturated carbocycles. The van der Waals surface area contributed by atoms with Crippen LogP contribution in [0.25, 0.3) is 11.3 Å². The number of rotatable bonds is 2. The zero-order valence-corrected chi connectivity index (χ0v) is 13.7. The highest BCUT2D eigenvalue weighted by Gasteiger charge is 2.23. The maximum absolute atomic E-state index is 12.6. The Balaban J connectivity index is 2.28. The molecular weight excluding hydrogens is 272 g/mol. The lowest BCUT2D eigenvalue weighted by Gasteiger charge is -2.21. The summed E-state index contributed by atoms with van der Waals surface area (Å²) in [5.41, 5.74) is 4.33. The molecule has 116 valence electrons. The second-order valence-electron chi connectivity index (χ2n) is 6.70. The average Bonchev–Trinajstić information content (AvgIpc) is 2.68. The highest BCUT2D eigenvalue weighted by atomic mass is 16.1. The van der Waals surface area contributed by atoms with Crippen molar-refractivity contribution in [1.82, 2.24) is 9.55 Å². The van der Waals surface area contributed by atoms with Crippen LogP contribution in [-0.4, -0.2) is 9.55 Å². The van der Waals surface area contributed by atoms with Gasteiger partial charge in [-0.2, -0.15) is 4.98 Å². The molecule has 1 aliphatic carbocycles. The number of hydrogen-bond donors (Lipinski definition) is 0. The van der Waals surface area contributed by atoms with Crippen LogP contribution in [0.15, 0.2) is 35.1 Å². The number of hydrogen-bond acceptors (Lipinski definition) is 2. The molecule has 0 spiro atoms. The van der Waals surface area contributed by atoms with Gasteiger partial charge in [-0.3, -0.25) is 4.57 Å². The molecular formula is C19H24N2O. The summed E-state index contributed by atoms with van der Waals surface area (Å²) in [5, 5.41) is 0. The molecule has 0 N–H and O–H groups in total. The van der Waals surface area contributed by atoms with E-state index >= 15 is 0 Å². The Kier molecular flexibility index (Phi) is 4.14. The van der Waals surface area contributed by atoms with Gasteiger partial charge in [0.1, 0.15) is 0 Å². The van der Waals surface area contributed by atoms with E-state index in [2.05, 4.69) is 37.9 Å². The fraction of sp³-hybridized carbons (Fsp3) is 0.474. The maximum atomic E-state index is 12.6. The van der Waals surface area contributed by atoms with Crippen LogP contribution in [0.2, 0.25) is 0 Å². The Bertz CT molecular complexity index is 716. The topological polar surface area (TPSA) is 34.9 Å². The van der Waals surface area contributed by atoms with Crippen molar-refractivity contribution in [3.63, 3.8) is 0 Å². The molecule has 0 saturated heterocycles. The molecule has 2 aromatic rings. The van der Waals surface area contributed by atoms with E-state index in [1.165, 1.54) is 24.1 Å². The van der Waals surface area contributed by atoms with Crippen LogP contribution < -0.4 is 5.69 Å². The first kappa shape index (κ1) is 15.0. The first-order valence-electron chi connectivity index (χ1n) is 8.27. The number of nitrogens with zero attached hydrogens (tertiary/aromatic N) is 2. The van der Waals surface area contributed by atoms with Gasteiger partial charge in [0.25, 0.3) is 0 Å². The van der Waals surface area contributed by atoms with Crippen LogP contribution in [0.4, 0.5) is 0 Å². The normalized spacial score (nSPS) is 18.1. The summed E-state index contributed by atoms with van der Waals surface area (Å²) in [7, 11) is 0. The highest BCUT2D eigenvalue weighted by Crippen LogP contribution is 2.31. The van der Waals surface area contributed by atoms with Crippen LogP contribution in [-0.2, 0) is 12.8 Å². The van der Waals surface area contributed by atoms with Gasteiger partial charge in [0.15, 0.2) is 0 Å². The lowest BCUT2D eigenvalue weighted by Crippen LogP contribution is -2.30. The molecule has 0 aliphatic heterocycles. The van der Waals surface area contributed by atoms with Crippen molar-refractivity contribution >= 4 is 0 Å². The minimum Gasteiger partial charge on any atom is -0.293 e. The van der Waals surface area contributed by atoms with Gasteiger partial charge >= 0.3 is 5.69 Å². The fourth-order valence-corrected chi connectivity index (χ4v) is 3.53. The molecule has 0 radical (unpaired) electrons. The van der Waals surface area contributed by atoms with E-state index in [4.69, 9.17) is 0 Å². The quantitative estimate of drug-likeness (QED) is 0.785. The van der Waals surface area contributed by atoms with E-state index in [1.807, 2.05) is 22.8 Å². The zero-order chi connectivity index (χ0) is 15.7. The van der Waals surface area contributed by atoms with Gasteiger partial charge in [-0.25, -0.2) is 4.79 Å². The SMILES string of the molecule is CC1CCCc2c(-c3ccccc3)nc(=O)n(C(C)C)c2C1. The molecule has 1 aromatic carbocycles. The molecule has 1 aliphatic rings. The molecule has 1 unspecified atom stereocenters. The van der Waals surface area contributed by atoms with E-state index in [0.717, 1.165) is 24.1 Å². The summed E-state index contributed by atoms with van der Waals surface area (Å²) in [6, 6.07) is 10.3. The van der Waals surface area contributed by atoms with Crippen LogP contribution >= 0.6 is 0 Å². The third-order valence-corrected chi connectivity index (χ3v) is 4.57. The molecule has 0 bridgehead atoms. The summed E-state index contributed by atoms with van der Waals surface area (Å²) in [5.74, 6) is 0.622. The zero-order valence-electron chi connectivity index (χ0n) is 13.7. The number of aromatic nitrogens is 2. The van der Waals surface area contributed by atoms with E-state index in [9.17, 15) is 4.79 Å². The summed E-state index contributed by atoms with van der Waals surface area (Å²) < 4.78 is 1.91. The smallest absolute Gasteiger partial charge is 0.293 e. The van der Waals surface area contributed by atoms with Crippen LogP contribution in [0.5, 0.6) is 0 Å². The van der Waals surface area contributed by atoms with Gasteiger partial charge in [-0.05, 0) is 44.6 Å². The molecule has 3 heteroatoms. The molecule has 0 amide bonds. The standard InChI is InChI=1S/C19H24N2O/c1-13(2)21-17-12-14(3)8-7-11-16(17)18(20-19(21)22)15-9-5-4-6-10-15/h4-6,9-10,13-14H,7-8,11-12H2,1-3H3. The van der Waals surface area contributed by atoms with Gasteiger partial charge < -0.3 is 0 Å². The largest absolute Gasteiger partial charge is 0.348 e. The van der Waals surface area contributed by atoms with Crippen molar-refractivity contribution in [1.29, 1.82) is 0 Å². The van der Waals surface area contributed by atoms with Crippen molar-refractivity contribution < 1.29 is 0 Å². The predicted octanol–water partition coefficient (Wildman–Crippen LogP) is 4.01. The first-order valence-corrected chi connectivity index (χ1v) is 8.27. The van der Waals surface area contributed by atoms with Gasteiger partial charge in [0.05, 0.1) is 5.69 Å². The van der Waals surface area contributed by atoms with Crippen molar-refractivity contribution in [2.45, 2.75) is 52.5 Å². The maximum Gasteiger partial charge on any atom is 0.348 e. The Morgan fingerprint density at radius 2 is 1.95 bits per heavy atom. The van der Waals surface area contributed by atoms with Crippen molar-refractivity contribution in [2.75, 3.05) is 0 Å². The van der Waals surface area contributed by atoms with Crippen LogP contribution in [0.1, 0.15) is 50.9 Å². The summed E-state index contributed by atoms with van der Waals surface area (Å²) in [4.78, 5) is 17.0. The molecule has 1 atom stereocenters. The Morgan fingerprint density at radius 3 is 2.64 bits per heavy atom. The van der Waals surface area contributed by atoms with E-state index < -0.39 is 0 Å². The van der Waals surface area contributed by atoms with Gasteiger partial charge in [-0.15, -0.1) is 0 Å². The van der Waals surface area contributed by atoms with Gasteiger partial charge in [0, 0.05) is 17.3 Å². The molecule has 3 nitrogen and oxygen atoms in total. The highest BCUT2D eigenvalue weighted by molar-refractivity contribution is 5.63. The average molecular weight is 296 g/mol. The number of benzene rings is 1. The first-order chi connectivity index (χ1) is 10.6. The molecule has 0 fully saturated rings. The lowest BCUT2D eigenvalue weighted by atomic mass is 9.99. The van der Waals surface area contributed by atoms with Crippen LogP contribution in [0.3, 0.4) is 0 Å². The van der Waals surface area contributed by atoms with Gasteiger partial charge in [0.2, 0.25) is 0 Å². The lowest BCUT2D eigenvalue weighted by molar-refractivity contribution is 0.483. The predicted molar refractivity (Wildman–Crippen MR) is 90.1 cm³/mol. The Labute approximate surface area is 132 Å².